The van der Waals surface area contributed by atoms with Gasteiger partial charge in [-0.2, -0.15) is 0 Å². The maximum Gasteiger partial charge on any atom is 0.247 e. The molecular weight excluding hydrogens is 1020 g/mol. The molecule has 1 saturated heterocycles. The second-order valence-corrected chi connectivity index (χ2v) is 24.1. The fourth-order valence-electron chi connectivity index (χ4n) is 11.2. The van der Waals surface area contributed by atoms with Crippen LogP contribution in [-0.4, -0.2) is 119 Å². The van der Waals surface area contributed by atoms with Gasteiger partial charge < -0.3 is 51.4 Å². The van der Waals surface area contributed by atoms with Crippen molar-refractivity contribution in [3.05, 3.63) is 143 Å². The minimum atomic E-state index is -1.09. The Hall–Kier alpha value is -7.70. The summed E-state index contributed by atoms with van der Waals surface area (Å²) in [5.41, 5.74) is 5.11. The Morgan fingerprint density at radius 2 is 1.33 bits per heavy atom. The number of anilines is 1. The average molecular weight is 1110 g/mol. The number of carbonyl (C=O) groups excluding carboxylic acids is 7. The van der Waals surface area contributed by atoms with Crippen LogP contribution in [0, 0.1) is 10.8 Å². The fourth-order valence-corrected chi connectivity index (χ4v) is 11.2. The summed E-state index contributed by atoms with van der Waals surface area (Å²) in [6, 6.07) is 23.9. The minimum absolute atomic E-state index is 0.0457. The molecule has 0 saturated carbocycles. The summed E-state index contributed by atoms with van der Waals surface area (Å²) in [7, 11) is 3.33. The van der Waals surface area contributed by atoms with Gasteiger partial charge in [0.2, 0.25) is 41.4 Å². The first-order chi connectivity index (χ1) is 38.5. The number of amides is 7. The fraction of sp³-hybridized carbons (Fsp3) is 0.460. The van der Waals surface area contributed by atoms with E-state index in [4.69, 9.17) is 4.42 Å². The molecular formula is C63H80N10O8. The van der Waals surface area contributed by atoms with Crippen molar-refractivity contribution in [3.8, 4) is 11.3 Å². The van der Waals surface area contributed by atoms with Crippen LogP contribution in [0.5, 0.6) is 0 Å². The van der Waals surface area contributed by atoms with Gasteiger partial charge in [0.15, 0.2) is 12.2 Å². The van der Waals surface area contributed by atoms with Gasteiger partial charge in [-0.1, -0.05) is 126 Å². The summed E-state index contributed by atoms with van der Waals surface area (Å²) in [5, 5.41) is 21.2. The molecule has 4 aromatic carbocycles. The first kappa shape index (κ1) is 59.4. The molecule has 430 valence electrons. The van der Waals surface area contributed by atoms with Crippen molar-refractivity contribution in [1.29, 1.82) is 0 Å². The monoisotopic (exact) mass is 1100 g/mol. The molecule has 5 aromatic rings. The van der Waals surface area contributed by atoms with E-state index in [9.17, 15) is 19.2 Å². The van der Waals surface area contributed by atoms with Gasteiger partial charge in [-0.15, -0.1) is 0 Å². The number of likely N-dealkylation sites (tertiary alicyclic amines) is 1. The number of hydrogen-bond donors (Lipinski definition) is 7. The van der Waals surface area contributed by atoms with Gasteiger partial charge in [-0.05, 0) is 110 Å². The van der Waals surface area contributed by atoms with Crippen LogP contribution < -0.4 is 37.2 Å². The summed E-state index contributed by atoms with van der Waals surface area (Å²) in [6.45, 7) is 14.8. The lowest BCUT2D eigenvalue weighted by molar-refractivity contribution is -0.147. The maximum absolute atomic E-state index is 15.3. The quantitative estimate of drug-likeness (QED) is 0.0528. The number of likely N-dealkylation sites (N-methyl/N-ethyl adjacent to an activating group) is 2. The van der Waals surface area contributed by atoms with Crippen molar-refractivity contribution in [2.24, 2.45) is 10.8 Å². The highest BCUT2D eigenvalue weighted by Crippen LogP contribution is 2.38. The Kier molecular flexibility index (Phi) is 18.6. The number of nitrogens with zero attached hydrogens (tertiary/aromatic N) is 3. The van der Waals surface area contributed by atoms with Gasteiger partial charge >= 0.3 is 0 Å². The number of oxazole rings is 1. The summed E-state index contributed by atoms with van der Waals surface area (Å²) in [4.78, 5) is 109. The van der Waals surface area contributed by atoms with Crippen LogP contribution in [0.2, 0.25) is 0 Å². The van der Waals surface area contributed by atoms with E-state index in [-0.39, 0.29) is 56.1 Å². The minimum Gasteiger partial charge on any atom is -0.444 e. The maximum atomic E-state index is 15.3. The standard InChI is InChI=1S/C63H80N10O8/c1-37(64-9)55(74)70-53(62(3,4)5)60(79)72-34-44-29-41(26-27-42(44)31-50(72)58(77)68-48-25-17-21-40-20-14-15-24-47(40)48)45-32-51(73(35-45)61(80)54(63(6,7)8)71-56(75)38(2)65-10)59(78)69-49(28-39-18-12-11-13-19-39)57(76)67-46-23-16-22-43(30-46)52-33-66-36-81-52/h11-16,18-20,22-24,26-27,29-30,33,36-38,45,48-51,53-54,64-65H,17,21,25,28,31-32,34-35H2,1-10H3,(H,67,76)(H,68,77)(H,69,78)(H,70,74)(H,71,75)/t37-,38-,45-,48+,49-,50-,51-,53+,54+/m0/s1. The van der Waals surface area contributed by atoms with Gasteiger partial charge in [0.05, 0.1) is 24.3 Å². The third-order valence-corrected chi connectivity index (χ3v) is 16.2. The molecule has 7 N–H and O–H groups in total. The molecule has 7 amide bonds. The summed E-state index contributed by atoms with van der Waals surface area (Å²) in [5.74, 6) is -2.82. The van der Waals surface area contributed by atoms with Crippen LogP contribution in [0.25, 0.3) is 11.3 Å². The van der Waals surface area contributed by atoms with Crippen LogP contribution in [0.4, 0.5) is 5.69 Å². The highest BCUT2D eigenvalue weighted by Gasteiger charge is 2.47. The summed E-state index contributed by atoms with van der Waals surface area (Å²) < 4.78 is 5.51. The smallest absolute Gasteiger partial charge is 0.247 e. The van der Waals surface area contributed by atoms with E-state index >= 15 is 14.4 Å². The predicted molar refractivity (Wildman–Crippen MR) is 310 cm³/mol. The second-order valence-electron chi connectivity index (χ2n) is 24.1. The Balaban J connectivity index is 1.13. The van der Waals surface area contributed by atoms with Crippen LogP contribution in [0.15, 0.2) is 114 Å². The lowest BCUT2D eigenvalue weighted by atomic mass is 9.83. The second kappa shape index (κ2) is 25.4. The highest BCUT2D eigenvalue weighted by molar-refractivity contribution is 6.00. The number of benzene rings is 4. The van der Waals surface area contributed by atoms with E-state index in [1.807, 2.05) is 114 Å². The van der Waals surface area contributed by atoms with Gasteiger partial charge in [-0.25, -0.2) is 4.98 Å². The molecule has 0 bridgehead atoms. The first-order valence-electron chi connectivity index (χ1n) is 28.2. The van der Waals surface area contributed by atoms with Crippen LogP contribution in [-0.2, 0) is 59.4 Å². The summed E-state index contributed by atoms with van der Waals surface area (Å²) in [6.07, 6.45) is 5.97. The third-order valence-electron chi connectivity index (χ3n) is 16.2. The Bertz CT molecular complexity index is 3080. The molecule has 1 aromatic heterocycles. The number of aromatic nitrogens is 1. The molecule has 0 radical (unpaired) electrons. The van der Waals surface area contributed by atoms with Crippen LogP contribution in [0.3, 0.4) is 0 Å². The van der Waals surface area contributed by atoms with Crippen molar-refractivity contribution >= 4 is 47.0 Å². The van der Waals surface area contributed by atoms with Crippen molar-refractivity contribution in [2.45, 2.75) is 155 Å². The third kappa shape index (κ3) is 14.1. The summed E-state index contributed by atoms with van der Waals surface area (Å²) >= 11 is 0. The predicted octanol–water partition coefficient (Wildman–Crippen LogP) is 6.12. The highest BCUT2D eigenvalue weighted by atomic mass is 16.3. The van der Waals surface area contributed by atoms with E-state index in [0.29, 0.717) is 17.0 Å². The van der Waals surface area contributed by atoms with E-state index < -0.39 is 82.7 Å². The Labute approximate surface area is 475 Å². The largest absolute Gasteiger partial charge is 0.444 e. The van der Waals surface area contributed by atoms with E-state index in [0.717, 1.165) is 47.1 Å². The molecule has 0 unspecified atom stereocenters. The lowest BCUT2D eigenvalue weighted by Gasteiger charge is -2.42. The van der Waals surface area contributed by atoms with Gasteiger partial charge in [-0.3, -0.25) is 33.6 Å². The van der Waals surface area contributed by atoms with Crippen molar-refractivity contribution in [1.82, 2.24) is 46.7 Å². The molecule has 0 spiro atoms. The Morgan fingerprint density at radius 1 is 0.679 bits per heavy atom. The van der Waals surface area contributed by atoms with Gasteiger partial charge in [0.25, 0.3) is 0 Å². The van der Waals surface area contributed by atoms with E-state index in [1.165, 1.54) is 16.9 Å². The van der Waals surface area contributed by atoms with Gasteiger partial charge in [0, 0.05) is 43.1 Å². The SMILES string of the molecule is CN[C@@H](C)C(=O)N[C@H](C(=O)N1C[C@@H](c2ccc3c(c2)CN(C(=O)[C@@H](NC(=O)[C@H](C)NC)C(C)(C)C)[C@H](C(=O)N[C@@H]2CCCc4ccccc42)C3)C[C@H]1C(=O)N[C@@H](Cc1ccccc1)C(=O)Nc1cccc(-c2cnco2)c1)C(C)(C)C. The number of carbonyl (C=O) groups is 7. The molecule has 9 atom stereocenters. The molecule has 18 heteroatoms. The zero-order valence-corrected chi connectivity index (χ0v) is 48.4. The van der Waals surface area contributed by atoms with Crippen molar-refractivity contribution in [2.75, 3.05) is 26.0 Å². The van der Waals surface area contributed by atoms with Crippen molar-refractivity contribution < 1.29 is 38.0 Å². The Morgan fingerprint density at radius 3 is 1.98 bits per heavy atom. The molecule has 3 heterocycles. The number of nitrogens with one attached hydrogen (secondary N) is 7. The van der Waals surface area contributed by atoms with Gasteiger partial charge in [0.1, 0.15) is 30.2 Å². The molecule has 1 fully saturated rings. The molecule has 3 aliphatic rings. The number of rotatable bonds is 18. The average Bonchev–Trinajstić information content (AvgIpc) is 4.39. The van der Waals surface area contributed by atoms with Crippen LogP contribution >= 0.6 is 0 Å². The number of hydrogen-bond acceptors (Lipinski definition) is 11. The zero-order chi connectivity index (χ0) is 58.3. The molecule has 8 rings (SSSR count). The molecule has 2 aliphatic heterocycles. The zero-order valence-electron chi connectivity index (χ0n) is 48.4. The van der Waals surface area contributed by atoms with Crippen LogP contribution in [0.1, 0.15) is 120 Å². The normalized spacial score (nSPS) is 19.8. The van der Waals surface area contributed by atoms with E-state index in [1.54, 1.807) is 57.2 Å². The molecule has 81 heavy (non-hydrogen) atoms. The first-order valence-corrected chi connectivity index (χ1v) is 28.2. The van der Waals surface area contributed by atoms with E-state index in [2.05, 4.69) is 48.3 Å². The molecule has 1 aliphatic carbocycles. The lowest BCUT2D eigenvalue weighted by Crippen LogP contribution is -2.62. The molecule has 18 nitrogen and oxygen atoms in total. The van der Waals surface area contributed by atoms with Crippen molar-refractivity contribution in [3.63, 3.8) is 0 Å². The topological polar surface area (TPSA) is 236 Å². The number of fused-ring (bicyclic) bond motifs is 2. The number of aryl methyl sites for hydroxylation is 1.